The highest BCUT2D eigenvalue weighted by Crippen LogP contribution is 2.23. The number of rotatable bonds is 6. The normalized spacial score (nSPS) is 19.3. The number of alkyl halides is 1. The zero-order chi connectivity index (χ0) is 25.5. The minimum Gasteiger partial charge on any atom is -0.364 e. The van der Waals surface area contributed by atoms with Crippen molar-refractivity contribution in [2.75, 3.05) is 6.54 Å². The van der Waals surface area contributed by atoms with Gasteiger partial charge in [-0.3, -0.25) is 24.0 Å². The van der Waals surface area contributed by atoms with Crippen molar-refractivity contribution in [3.63, 3.8) is 0 Å². The van der Waals surface area contributed by atoms with E-state index in [9.17, 15) is 23.2 Å². The van der Waals surface area contributed by atoms with Crippen molar-refractivity contribution in [2.45, 2.75) is 31.7 Å². The molecule has 3 amide bonds. The van der Waals surface area contributed by atoms with Crippen LogP contribution in [0.3, 0.4) is 0 Å². The van der Waals surface area contributed by atoms with Gasteiger partial charge < -0.3 is 16.0 Å². The highest BCUT2D eigenvalue weighted by Gasteiger charge is 2.40. The molecule has 12 heteroatoms. The van der Waals surface area contributed by atoms with E-state index in [0.29, 0.717) is 10.9 Å². The highest BCUT2D eigenvalue weighted by atomic mass is 35.5. The van der Waals surface area contributed by atoms with Gasteiger partial charge in [-0.2, -0.15) is 5.10 Å². The van der Waals surface area contributed by atoms with Crippen LogP contribution in [0.5, 0.6) is 0 Å². The van der Waals surface area contributed by atoms with Gasteiger partial charge in [-0.15, -0.1) is 0 Å². The van der Waals surface area contributed by atoms with E-state index in [1.165, 1.54) is 35.3 Å². The number of carbonyl (C=O) groups is 3. The molecule has 1 fully saturated rings. The molecule has 3 aromatic rings. The summed E-state index contributed by atoms with van der Waals surface area (Å²) in [5.41, 5.74) is 5.09. The molecule has 0 bridgehead atoms. The van der Waals surface area contributed by atoms with Crippen LogP contribution in [0, 0.1) is 5.82 Å². The smallest absolute Gasteiger partial charge is 0.269 e. The SMILES string of the molecule is [2H]C([2H])(NC(=O)[C@@H]1C[C@@H](F)CN1C(=O)Cn1nc(C(N)=O)c2ccncc21)c1cccc(Cl)c1F. The Morgan fingerprint density at radius 1 is 1.33 bits per heavy atom. The lowest BCUT2D eigenvalue weighted by Gasteiger charge is -2.23. The Balaban J connectivity index is 1.56. The lowest BCUT2D eigenvalue weighted by Crippen LogP contribution is -2.46. The number of amides is 3. The number of carbonyl (C=O) groups excluding carboxylic acids is 3. The molecule has 172 valence electrons. The molecule has 0 unspecified atom stereocenters. The van der Waals surface area contributed by atoms with Gasteiger partial charge in [0.2, 0.25) is 11.8 Å². The van der Waals surface area contributed by atoms with Crippen LogP contribution in [-0.2, 0) is 22.6 Å². The quantitative estimate of drug-likeness (QED) is 0.556. The van der Waals surface area contributed by atoms with Crippen LogP contribution in [0.15, 0.2) is 36.7 Å². The van der Waals surface area contributed by atoms with Crippen LogP contribution in [0.1, 0.15) is 25.2 Å². The molecule has 0 radical (unpaired) electrons. The number of nitrogens with two attached hydrogens (primary N) is 1. The number of primary amides is 1. The van der Waals surface area contributed by atoms with Crippen molar-refractivity contribution in [3.8, 4) is 0 Å². The average Bonchev–Trinajstić information content (AvgIpc) is 3.36. The van der Waals surface area contributed by atoms with E-state index in [0.717, 1.165) is 11.0 Å². The van der Waals surface area contributed by atoms with Gasteiger partial charge in [0, 0.05) is 30.1 Å². The number of nitrogens with zero attached hydrogens (tertiary/aromatic N) is 4. The number of halogens is 3. The molecule has 2 aromatic heterocycles. The van der Waals surface area contributed by atoms with Crippen LogP contribution >= 0.6 is 11.6 Å². The second-order valence-electron chi connectivity index (χ2n) is 7.37. The highest BCUT2D eigenvalue weighted by molar-refractivity contribution is 6.30. The predicted molar refractivity (Wildman–Crippen MR) is 114 cm³/mol. The van der Waals surface area contributed by atoms with Gasteiger partial charge in [-0.25, -0.2) is 8.78 Å². The summed E-state index contributed by atoms with van der Waals surface area (Å²) < 4.78 is 46.0. The van der Waals surface area contributed by atoms with Gasteiger partial charge in [0.1, 0.15) is 24.6 Å². The van der Waals surface area contributed by atoms with Gasteiger partial charge in [-0.05, 0) is 12.1 Å². The first-order valence-electron chi connectivity index (χ1n) is 10.8. The fourth-order valence-corrected chi connectivity index (χ4v) is 3.84. The average molecular weight is 479 g/mol. The molecule has 1 aromatic carbocycles. The molecule has 4 rings (SSSR count). The zero-order valence-corrected chi connectivity index (χ0v) is 17.7. The van der Waals surface area contributed by atoms with E-state index < -0.39 is 60.9 Å². The molecule has 0 spiro atoms. The van der Waals surface area contributed by atoms with Crippen molar-refractivity contribution in [1.82, 2.24) is 25.0 Å². The predicted octanol–water partition coefficient (Wildman–Crippen LogP) is 1.58. The summed E-state index contributed by atoms with van der Waals surface area (Å²) in [6, 6.07) is 3.80. The monoisotopic (exact) mass is 478 g/mol. The molecule has 0 aliphatic carbocycles. The van der Waals surface area contributed by atoms with Gasteiger partial charge in [-0.1, -0.05) is 23.7 Å². The number of nitrogens with one attached hydrogen (secondary N) is 1. The van der Waals surface area contributed by atoms with Crippen LogP contribution in [0.25, 0.3) is 10.9 Å². The molecule has 3 heterocycles. The summed E-state index contributed by atoms with van der Waals surface area (Å²) in [5.74, 6) is -3.58. The van der Waals surface area contributed by atoms with E-state index in [2.05, 4.69) is 10.1 Å². The lowest BCUT2D eigenvalue weighted by molar-refractivity contribution is -0.139. The maximum absolute atomic E-state index is 14.3. The van der Waals surface area contributed by atoms with Crippen LogP contribution in [-0.4, -0.2) is 56.1 Å². The van der Waals surface area contributed by atoms with E-state index in [1.54, 1.807) is 0 Å². The Kier molecular flexibility index (Phi) is 5.53. The zero-order valence-electron chi connectivity index (χ0n) is 19.0. The summed E-state index contributed by atoms with van der Waals surface area (Å²) in [7, 11) is 0. The summed E-state index contributed by atoms with van der Waals surface area (Å²) in [6.07, 6.45) is 0.885. The minimum atomic E-state index is -2.69. The lowest BCUT2D eigenvalue weighted by atomic mass is 10.1. The first-order valence-corrected chi connectivity index (χ1v) is 10.2. The molecule has 0 saturated carbocycles. The first kappa shape index (κ1) is 20.0. The van der Waals surface area contributed by atoms with Crippen molar-refractivity contribution in [3.05, 3.63) is 58.8 Å². The third-order valence-corrected chi connectivity index (χ3v) is 5.51. The number of benzene rings is 1. The number of aromatic nitrogens is 3. The Morgan fingerprint density at radius 3 is 2.88 bits per heavy atom. The summed E-state index contributed by atoms with van der Waals surface area (Å²) in [6.45, 7) is -3.55. The fraction of sp³-hybridized carbons (Fsp3) is 0.286. The third kappa shape index (κ3) is 4.49. The number of hydrogen-bond donors (Lipinski definition) is 2. The number of fused-ring (bicyclic) bond motifs is 1. The molecular formula is C21H19ClF2N6O3. The largest absolute Gasteiger partial charge is 0.364 e. The molecule has 1 aliphatic heterocycles. The number of likely N-dealkylation sites (tertiary alicyclic amines) is 1. The summed E-state index contributed by atoms with van der Waals surface area (Å²) >= 11 is 5.71. The maximum Gasteiger partial charge on any atom is 0.269 e. The fourth-order valence-electron chi connectivity index (χ4n) is 3.66. The van der Waals surface area contributed by atoms with Crippen molar-refractivity contribution < 1.29 is 25.9 Å². The molecule has 2 atom stereocenters. The van der Waals surface area contributed by atoms with Crippen molar-refractivity contribution >= 4 is 40.2 Å². The van der Waals surface area contributed by atoms with Gasteiger partial charge in [0.05, 0.1) is 26.0 Å². The standard InChI is InChI=1S/C21H19ClF2N6O3/c22-14-3-1-2-11(18(14)24)7-27-21(33)15-6-12(23)9-29(15)17(31)10-30-16-8-26-5-4-13(16)19(28-30)20(25)32/h1-5,8,12,15H,6-7,9-10H2,(H2,25,32)(H,27,33)/t12-,15+/m1/s1/i7D2. The number of hydrogen-bond acceptors (Lipinski definition) is 5. The third-order valence-electron chi connectivity index (χ3n) is 5.22. The van der Waals surface area contributed by atoms with E-state index in [4.69, 9.17) is 20.1 Å². The number of pyridine rings is 1. The Bertz CT molecular complexity index is 1340. The Labute approximate surface area is 194 Å². The molecule has 33 heavy (non-hydrogen) atoms. The van der Waals surface area contributed by atoms with E-state index in [1.807, 2.05) is 5.32 Å². The molecule has 1 saturated heterocycles. The molecule has 9 nitrogen and oxygen atoms in total. The van der Waals surface area contributed by atoms with E-state index in [-0.39, 0.29) is 17.1 Å². The molecular weight excluding hydrogens is 458 g/mol. The maximum atomic E-state index is 14.3. The van der Waals surface area contributed by atoms with Crippen LogP contribution in [0.2, 0.25) is 5.02 Å². The molecule has 3 N–H and O–H groups in total. The van der Waals surface area contributed by atoms with Crippen LogP contribution in [0.4, 0.5) is 8.78 Å². The Hall–Kier alpha value is -3.60. The summed E-state index contributed by atoms with van der Waals surface area (Å²) in [5, 5.41) is 6.13. The second-order valence-corrected chi connectivity index (χ2v) is 7.78. The molecule has 1 aliphatic rings. The Morgan fingerprint density at radius 2 is 2.12 bits per heavy atom. The minimum absolute atomic E-state index is 0.0778. The van der Waals surface area contributed by atoms with Crippen LogP contribution < -0.4 is 11.1 Å². The first-order chi connectivity index (χ1) is 16.5. The van der Waals surface area contributed by atoms with E-state index >= 15 is 0 Å². The van der Waals surface area contributed by atoms with Gasteiger partial charge >= 0.3 is 0 Å². The van der Waals surface area contributed by atoms with Gasteiger partial charge in [0.15, 0.2) is 5.69 Å². The second kappa shape index (κ2) is 9.10. The van der Waals surface area contributed by atoms with Crippen molar-refractivity contribution in [2.24, 2.45) is 5.73 Å². The van der Waals surface area contributed by atoms with Crippen molar-refractivity contribution in [1.29, 1.82) is 0 Å². The topological polar surface area (TPSA) is 123 Å². The van der Waals surface area contributed by atoms with Gasteiger partial charge in [0.25, 0.3) is 5.91 Å². The summed E-state index contributed by atoms with van der Waals surface area (Å²) in [4.78, 5) is 42.5.